The van der Waals surface area contributed by atoms with Gasteiger partial charge in [0, 0.05) is 25.0 Å². The predicted molar refractivity (Wildman–Crippen MR) is 94.1 cm³/mol. The number of imidazole rings is 1. The van der Waals surface area contributed by atoms with E-state index in [4.69, 9.17) is 5.26 Å². The average molecular weight is 355 g/mol. The van der Waals surface area contributed by atoms with E-state index in [-0.39, 0.29) is 25.3 Å². The summed E-state index contributed by atoms with van der Waals surface area (Å²) < 4.78 is 2.07. The second-order valence-electron chi connectivity index (χ2n) is 6.66. The number of hydrogen-bond acceptors (Lipinski definition) is 7. The van der Waals surface area contributed by atoms with Gasteiger partial charge in [0.2, 0.25) is 0 Å². The van der Waals surface area contributed by atoms with Crippen molar-refractivity contribution < 1.29 is 10.2 Å². The van der Waals surface area contributed by atoms with Crippen LogP contribution in [0.15, 0.2) is 12.4 Å². The molecule has 3 N–H and O–H groups in total. The second kappa shape index (κ2) is 6.99. The van der Waals surface area contributed by atoms with Gasteiger partial charge in [-0.05, 0) is 19.4 Å². The molecule has 4 rings (SSSR count). The first-order chi connectivity index (χ1) is 12.8. The van der Waals surface area contributed by atoms with Crippen LogP contribution in [0.25, 0.3) is 22.1 Å². The van der Waals surface area contributed by atoms with Gasteiger partial charge in [0.15, 0.2) is 5.65 Å². The Bertz CT molecular complexity index is 957. The van der Waals surface area contributed by atoms with Gasteiger partial charge in [-0.3, -0.25) is 10.00 Å². The van der Waals surface area contributed by atoms with Crippen LogP contribution >= 0.6 is 0 Å². The normalized spacial score (nSPS) is 21.0. The molecule has 0 radical (unpaired) electrons. The SMILES string of the molecule is N#CCCCN1CC(n2c(CO)nc3cnc4[nH]ncc4c32)CC1CO. The summed E-state index contributed by atoms with van der Waals surface area (Å²) in [6, 6.07) is 2.30. The molecule has 1 aliphatic heterocycles. The topological polar surface area (TPSA) is 127 Å². The van der Waals surface area contributed by atoms with Gasteiger partial charge in [-0.25, -0.2) is 9.97 Å². The summed E-state index contributed by atoms with van der Waals surface area (Å²) in [6.07, 6.45) is 5.48. The lowest BCUT2D eigenvalue weighted by atomic mass is 10.1. The van der Waals surface area contributed by atoms with Crippen molar-refractivity contribution in [1.29, 1.82) is 5.26 Å². The quantitative estimate of drug-likeness (QED) is 0.556. The van der Waals surface area contributed by atoms with E-state index in [9.17, 15) is 10.2 Å². The molecule has 0 aromatic carbocycles. The van der Waals surface area contributed by atoms with E-state index >= 15 is 0 Å². The van der Waals surface area contributed by atoms with Gasteiger partial charge in [-0.1, -0.05) is 0 Å². The van der Waals surface area contributed by atoms with Crippen LogP contribution in [0.3, 0.4) is 0 Å². The zero-order valence-electron chi connectivity index (χ0n) is 14.3. The Balaban J connectivity index is 1.74. The molecular weight excluding hydrogens is 334 g/mol. The lowest BCUT2D eigenvalue weighted by Crippen LogP contribution is -2.33. The van der Waals surface area contributed by atoms with E-state index in [1.165, 1.54) is 0 Å². The number of H-pyrrole nitrogens is 1. The van der Waals surface area contributed by atoms with Crippen molar-refractivity contribution >= 4 is 22.1 Å². The maximum absolute atomic E-state index is 9.84. The van der Waals surface area contributed by atoms with Crippen molar-refractivity contribution in [3.63, 3.8) is 0 Å². The maximum Gasteiger partial charge on any atom is 0.157 e. The lowest BCUT2D eigenvalue weighted by Gasteiger charge is -2.21. The molecule has 26 heavy (non-hydrogen) atoms. The molecule has 0 aliphatic carbocycles. The number of rotatable bonds is 6. The summed E-state index contributed by atoms with van der Waals surface area (Å²) in [4.78, 5) is 11.1. The fourth-order valence-electron chi connectivity index (χ4n) is 4.01. The molecule has 1 fully saturated rings. The number of hydrogen-bond donors (Lipinski definition) is 3. The predicted octanol–water partition coefficient (Wildman–Crippen LogP) is 0.711. The highest BCUT2D eigenvalue weighted by atomic mass is 16.3. The smallest absolute Gasteiger partial charge is 0.157 e. The number of nitrogens with one attached hydrogen (secondary N) is 1. The van der Waals surface area contributed by atoms with Gasteiger partial charge in [0.25, 0.3) is 0 Å². The molecule has 9 nitrogen and oxygen atoms in total. The number of aromatic nitrogens is 5. The van der Waals surface area contributed by atoms with Gasteiger partial charge in [0.05, 0.1) is 36.0 Å². The number of aliphatic hydroxyl groups excluding tert-OH is 2. The van der Waals surface area contributed by atoms with Crippen LogP contribution in [0.1, 0.15) is 31.1 Å². The van der Waals surface area contributed by atoms with Crippen molar-refractivity contribution in [2.24, 2.45) is 0 Å². The number of aromatic amines is 1. The molecule has 3 aromatic rings. The molecule has 1 saturated heterocycles. The number of fused-ring (bicyclic) bond motifs is 3. The maximum atomic E-state index is 9.84. The van der Waals surface area contributed by atoms with E-state index < -0.39 is 0 Å². The Morgan fingerprint density at radius 2 is 2.23 bits per heavy atom. The Labute approximate surface area is 149 Å². The van der Waals surface area contributed by atoms with Crippen molar-refractivity contribution in [3.05, 3.63) is 18.2 Å². The van der Waals surface area contributed by atoms with Gasteiger partial charge < -0.3 is 14.8 Å². The average Bonchev–Trinajstić information content (AvgIpc) is 3.36. The van der Waals surface area contributed by atoms with Crippen molar-refractivity contribution in [1.82, 2.24) is 29.6 Å². The molecule has 4 heterocycles. The Morgan fingerprint density at radius 3 is 3.00 bits per heavy atom. The molecule has 3 aromatic heterocycles. The minimum atomic E-state index is -0.164. The first-order valence-corrected chi connectivity index (χ1v) is 8.78. The van der Waals surface area contributed by atoms with Crippen molar-refractivity contribution in [2.75, 3.05) is 19.7 Å². The molecule has 1 aliphatic rings. The third-order valence-electron chi connectivity index (χ3n) is 5.16. The highest BCUT2D eigenvalue weighted by Gasteiger charge is 2.34. The number of nitriles is 1. The van der Waals surface area contributed by atoms with Gasteiger partial charge in [-0.15, -0.1) is 0 Å². The Morgan fingerprint density at radius 1 is 1.35 bits per heavy atom. The standard InChI is InChI=1S/C17H21N7O2/c18-3-1-2-4-23-8-11(5-12(23)9-25)24-15(10-26)21-14-7-19-17-13(16(14)24)6-20-22-17/h6-7,11-12,25-26H,1-2,4-5,8-10H2,(H,19,20,22). The molecule has 9 heteroatoms. The van der Waals surface area contributed by atoms with Crippen molar-refractivity contribution in [2.45, 2.75) is 38.0 Å². The highest BCUT2D eigenvalue weighted by Crippen LogP contribution is 2.34. The van der Waals surface area contributed by atoms with E-state index in [2.05, 4.69) is 35.7 Å². The molecule has 2 atom stereocenters. The van der Waals surface area contributed by atoms with Crippen LogP contribution in [0, 0.1) is 11.3 Å². The number of unbranched alkanes of at least 4 members (excludes halogenated alkanes) is 1. The summed E-state index contributed by atoms with van der Waals surface area (Å²) in [7, 11) is 0. The Kier molecular flexibility index (Phi) is 4.55. The van der Waals surface area contributed by atoms with Gasteiger partial charge in [0.1, 0.15) is 17.9 Å². The number of pyridine rings is 1. The molecule has 0 saturated carbocycles. The van der Waals surface area contributed by atoms with E-state index in [0.29, 0.717) is 17.9 Å². The molecule has 0 spiro atoms. The second-order valence-corrected chi connectivity index (χ2v) is 6.66. The van der Waals surface area contributed by atoms with Crippen LogP contribution in [0.4, 0.5) is 0 Å². The molecule has 2 unspecified atom stereocenters. The van der Waals surface area contributed by atoms with Crippen LogP contribution in [-0.4, -0.2) is 65.6 Å². The van der Waals surface area contributed by atoms with Crippen LogP contribution < -0.4 is 0 Å². The third kappa shape index (κ3) is 2.72. The third-order valence-corrected chi connectivity index (χ3v) is 5.16. The summed E-state index contributed by atoms with van der Waals surface area (Å²) in [5.74, 6) is 0.594. The summed E-state index contributed by atoms with van der Waals surface area (Å²) in [6.45, 7) is 1.44. The monoisotopic (exact) mass is 355 g/mol. The van der Waals surface area contributed by atoms with Crippen molar-refractivity contribution in [3.8, 4) is 6.07 Å². The zero-order valence-corrected chi connectivity index (χ0v) is 14.3. The summed E-state index contributed by atoms with van der Waals surface area (Å²) in [5, 5.41) is 36.2. The minimum Gasteiger partial charge on any atom is -0.395 e. The highest BCUT2D eigenvalue weighted by molar-refractivity contribution is 6.00. The van der Waals surface area contributed by atoms with Crippen LogP contribution in [0.5, 0.6) is 0 Å². The van der Waals surface area contributed by atoms with Crippen LogP contribution in [0.2, 0.25) is 0 Å². The van der Waals surface area contributed by atoms with Crippen LogP contribution in [-0.2, 0) is 6.61 Å². The number of aliphatic hydroxyl groups is 2. The fourth-order valence-corrected chi connectivity index (χ4v) is 4.01. The molecule has 136 valence electrons. The largest absolute Gasteiger partial charge is 0.395 e. The summed E-state index contributed by atoms with van der Waals surface area (Å²) in [5.41, 5.74) is 2.32. The first-order valence-electron chi connectivity index (χ1n) is 8.78. The number of nitrogens with zero attached hydrogens (tertiary/aromatic N) is 6. The van der Waals surface area contributed by atoms with E-state index in [1.807, 2.05) is 0 Å². The van der Waals surface area contributed by atoms with Gasteiger partial charge >= 0.3 is 0 Å². The van der Waals surface area contributed by atoms with Gasteiger partial charge in [-0.2, -0.15) is 10.4 Å². The van der Waals surface area contributed by atoms with E-state index in [1.54, 1.807) is 12.4 Å². The lowest BCUT2D eigenvalue weighted by molar-refractivity contribution is 0.158. The fraction of sp³-hybridized carbons (Fsp3) is 0.529. The molecule has 0 bridgehead atoms. The minimum absolute atomic E-state index is 0.0457. The molecular formula is C17H21N7O2. The zero-order chi connectivity index (χ0) is 18.1. The Hall–Kier alpha value is -2.54. The van der Waals surface area contributed by atoms with E-state index in [0.717, 1.165) is 42.4 Å². The summed E-state index contributed by atoms with van der Waals surface area (Å²) >= 11 is 0. The number of likely N-dealkylation sites (tertiary alicyclic amines) is 1. The first kappa shape index (κ1) is 16.9. The molecule has 0 amide bonds.